The van der Waals surface area contributed by atoms with Crippen LogP contribution in [-0.2, 0) is 9.47 Å². The van der Waals surface area contributed by atoms with Gasteiger partial charge in [0, 0.05) is 19.3 Å². The van der Waals surface area contributed by atoms with Crippen molar-refractivity contribution in [3.63, 3.8) is 0 Å². The first kappa shape index (κ1) is 11.4. The van der Waals surface area contributed by atoms with Gasteiger partial charge < -0.3 is 14.8 Å². The van der Waals surface area contributed by atoms with E-state index in [1.54, 1.807) is 0 Å². The van der Waals surface area contributed by atoms with Crippen LogP contribution in [0.5, 0.6) is 0 Å². The third-order valence-corrected chi connectivity index (χ3v) is 3.36. The van der Waals surface area contributed by atoms with E-state index in [0.717, 1.165) is 45.1 Å². The number of rotatable bonds is 7. The molecule has 1 N–H and O–H groups in total. The molecular formula is C12H23NO2. The van der Waals surface area contributed by atoms with Gasteiger partial charge in [-0.1, -0.05) is 0 Å². The van der Waals surface area contributed by atoms with E-state index in [9.17, 15) is 0 Å². The molecule has 2 unspecified atom stereocenters. The fourth-order valence-electron chi connectivity index (χ4n) is 2.06. The molecule has 0 bridgehead atoms. The van der Waals surface area contributed by atoms with Crippen LogP contribution in [-0.4, -0.2) is 38.5 Å². The SMILES string of the molecule is CC(NCCCOC1CCOC1)C1CC1. The summed E-state index contributed by atoms with van der Waals surface area (Å²) in [4.78, 5) is 0. The third-order valence-electron chi connectivity index (χ3n) is 3.36. The molecule has 3 nitrogen and oxygen atoms in total. The van der Waals surface area contributed by atoms with Crippen molar-refractivity contribution in [3.8, 4) is 0 Å². The van der Waals surface area contributed by atoms with Crippen LogP contribution in [0.1, 0.15) is 32.6 Å². The first-order valence-corrected chi connectivity index (χ1v) is 6.29. The van der Waals surface area contributed by atoms with E-state index in [-0.39, 0.29) is 0 Å². The fraction of sp³-hybridized carbons (Fsp3) is 1.00. The summed E-state index contributed by atoms with van der Waals surface area (Å²) in [6.07, 6.45) is 5.40. The van der Waals surface area contributed by atoms with Gasteiger partial charge in [-0.25, -0.2) is 0 Å². The molecule has 1 saturated carbocycles. The lowest BCUT2D eigenvalue weighted by Gasteiger charge is -2.13. The van der Waals surface area contributed by atoms with Gasteiger partial charge in [-0.2, -0.15) is 0 Å². The quantitative estimate of drug-likeness (QED) is 0.651. The van der Waals surface area contributed by atoms with E-state index in [1.165, 1.54) is 12.8 Å². The van der Waals surface area contributed by atoms with Crippen LogP contribution in [0.25, 0.3) is 0 Å². The Bertz CT molecular complexity index is 172. The second-order valence-electron chi connectivity index (χ2n) is 4.79. The second kappa shape index (κ2) is 5.83. The van der Waals surface area contributed by atoms with Crippen LogP contribution >= 0.6 is 0 Å². The molecule has 1 saturated heterocycles. The Kier molecular flexibility index (Phi) is 4.42. The van der Waals surface area contributed by atoms with E-state index in [0.29, 0.717) is 12.1 Å². The van der Waals surface area contributed by atoms with E-state index >= 15 is 0 Å². The topological polar surface area (TPSA) is 30.5 Å². The maximum Gasteiger partial charge on any atom is 0.0830 e. The smallest absolute Gasteiger partial charge is 0.0830 e. The summed E-state index contributed by atoms with van der Waals surface area (Å²) in [6.45, 7) is 5.93. The van der Waals surface area contributed by atoms with Crippen molar-refractivity contribution < 1.29 is 9.47 Å². The van der Waals surface area contributed by atoms with Crippen LogP contribution in [0.2, 0.25) is 0 Å². The van der Waals surface area contributed by atoms with Crippen LogP contribution in [0.3, 0.4) is 0 Å². The van der Waals surface area contributed by atoms with Gasteiger partial charge in [-0.05, 0) is 45.1 Å². The molecule has 0 aromatic carbocycles. The van der Waals surface area contributed by atoms with E-state index in [1.807, 2.05) is 0 Å². The average molecular weight is 213 g/mol. The Morgan fingerprint density at radius 3 is 2.93 bits per heavy atom. The van der Waals surface area contributed by atoms with Gasteiger partial charge in [-0.15, -0.1) is 0 Å². The van der Waals surface area contributed by atoms with E-state index in [4.69, 9.17) is 9.47 Å². The summed E-state index contributed by atoms with van der Waals surface area (Å²) in [6, 6.07) is 0.708. The minimum Gasteiger partial charge on any atom is -0.379 e. The maximum absolute atomic E-state index is 5.70. The third kappa shape index (κ3) is 4.09. The lowest BCUT2D eigenvalue weighted by molar-refractivity contribution is 0.0413. The molecule has 0 radical (unpaired) electrons. The number of hydrogen-bond donors (Lipinski definition) is 1. The summed E-state index contributed by atoms with van der Waals surface area (Å²) in [7, 11) is 0. The van der Waals surface area contributed by atoms with Gasteiger partial charge in [0.2, 0.25) is 0 Å². The van der Waals surface area contributed by atoms with Crippen molar-refractivity contribution in [2.45, 2.75) is 44.8 Å². The number of ether oxygens (including phenoxy) is 2. The standard InChI is InChI=1S/C12H23NO2/c1-10(11-3-4-11)13-6-2-7-15-12-5-8-14-9-12/h10-13H,2-9H2,1H3. The van der Waals surface area contributed by atoms with Crippen LogP contribution < -0.4 is 5.32 Å². The summed E-state index contributed by atoms with van der Waals surface area (Å²) in [5, 5.41) is 3.56. The molecule has 3 heteroatoms. The molecule has 1 heterocycles. The predicted molar refractivity (Wildman–Crippen MR) is 60.0 cm³/mol. The Morgan fingerprint density at radius 1 is 1.40 bits per heavy atom. The lowest BCUT2D eigenvalue weighted by Crippen LogP contribution is -2.29. The maximum atomic E-state index is 5.70. The molecule has 0 spiro atoms. The van der Waals surface area contributed by atoms with Gasteiger partial charge in [0.05, 0.1) is 12.7 Å². The zero-order valence-electron chi connectivity index (χ0n) is 9.71. The largest absolute Gasteiger partial charge is 0.379 e. The molecule has 1 aliphatic carbocycles. The molecule has 2 aliphatic rings. The molecule has 1 aliphatic heterocycles. The van der Waals surface area contributed by atoms with Crippen molar-refractivity contribution in [2.24, 2.45) is 5.92 Å². The summed E-state index contributed by atoms with van der Waals surface area (Å²) in [5.41, 5.74) is 0. The van der Waals surface area contributed by atoms with Crippen LogP contribution in [0.4, 0.5) is 0 Å². The normalized spacial score (nSPS) is 28.2. The van der Waals surface area contributed by atoms with Crippen molar-refractivity contribution in [1.82, 2.24) is 5.32 Å². The highest BCUT2D eigenvalue weighted by Crippen LogP contribution is 2.32. The molecule has 88 valence electrons. The van der Waals surface area contributed by atoms with Gasteiger partial charge in [0.15, 0.2) is 0 Å². The highest BCUT2D eigenvalue weighted by molar-refractivity contribution is 4.82. The Hall–Kier alpha value is -0.120. The molecule has 0 aromatic rings. The summed E-state index contributed by atoms with van der Waals surface area (Å²) in [5.74, 6) is 0.953. The van der Waals surface area contributed by atoms with Crippen LogP contribution in [0, 0.1) is 5.92 Å². The number of nitrogens with one attached hydrogen (secondary N) is 1. The summed E-state index contributed by atoms with van der Waals surface area (Å²) >= 11 is 0. The minimum atomic E-state index is 0.367. The van der Waals surface area contributed by atoms with Crippen molar-refractivity contribution in [3.05, 3.63) is 0 Å². The average Bonchev–Trinajstić information content (AvgIpc) is 2.97. The summed E-state index contributed by atoms with van der Waals surface area (Å²) < 4.78 is 10.9. The molecule has 2 rings (SSSR count). The zero-order valence-corrected chi connectivity index (χ0v) is 9.71. The van der Waals surface area contributed by atoms with Crippen molar-refractivity contribution in [2.75, 3.05) is 26.4 Å². The van der Waals surface area contributed by atoms with E-state index in [2.05, 4.69) is 12.2 Å². The Morgan fingerprint density at radius 2 is 2.27 bits per heavy atom. The fourth-order valence-corrected chi connectivity index (χ4v) is 2.06. The molecule has 0 amide bonds. The first-order chi connectivity index (χ1) is 7.36. The molecule has 2 fully saturated rings. The molecular weight excluding hydrogens is 190 g/mol. The zero-order chi connectivity index (χ0) is 10.5. The molecule has 2 atom stereocenters. The minimum absolute atomic E-state index is 0.367. The van der Waals surface area contributed by atoms with Crippen molar-refractivity contribution >= 4 is 0 Å². The lowest BCUT2D eigenvalue weighted by atomic mass is 10.2. The van der Waals surface area contributed by atoms with Gasteiger partial charge >= 0.3 is 0 Å². The number of hydrogen-bond acceptors (Lipinski definition) is 3. The second-order valence-corrected chi connectivity index (χ2v) is 4.79. The molecule has 0 aromatic heterocycles. The predicted octanol–water partition coefficient (Wildman–Crippen LogP) is 1.57. The molecule has 15 heavy (non-hydrogen) atoms. The highest BCUT2D eigenvalue weighted by Gasteiger charge is 2.27. The van der Waals surface area contributed by atoms with Gasteiger partial charge in [0.1, 0.15) is 0 Å². The van der Waals surface area contributed by atoms with Crippen LogP contribution in [0.15, 0.2) is 0 Å². The Labute approximate surface area is 92.5 Å². The monoisotopic (exact) mass is 213 g/mol. The Balaban J connectivity index is 1.41. The van der Waals surface area contributed by atoms with Gasteiger partial charge in [-0.3, -0.25) is 0 Å². The first-order valence-electron chi connectivity index (χ1n) is 6.29. The highest BCUT2D eigenvalue weighted by atomic mass is 16.5. The van der Waals surface area contributed by atoms with E-state index < -0.39 is 0 Å². The van der Waals surface area contributed by atoms with Crippen molar-refractivity contribution in [1.29, 1.82) is 0 Å². The van der Waals surface area contributed by atoms with Gasteiger partial charge in [0.25, 0.3) is 0 Å².